The first-order valence-electron chi connectivity index (χ1n) is 9.93. The molecule has 6 N–H and O–H groups in total. The van der Waals surface area contributed by atoms with Crippen LogP contribution in [0, 0.1) is 0 Å². The molecule has 3 rings (SSSR count). The summed E-state index contributed by atoms with van der Waals surface area (Å²) in [4.78, 5) is 23.7. The minimum Gasteiger partial charge on any atom is -0.479 e. The summed E-state index contributed by atoms with van der Waals surface area (Å²) in [6, 6.07) is 16.4. The summed E-state index contributed by atoms with van der Waals surface area (Å²) in [6.45, 7) is -0.0916. The lowest BCUT2D eigenvalue weighted by molar-refractivity contribution is -0.147. The van der Waals surface area contributed by atoms with Crippen LogP contribution in [0.5, 0.6) is 0 Å². The fraction of sp³-hybridized carbons (Fsp3) is 0.364. The van der Waals surface area contributed by atoms with E-state index in [2.05, 4.69) is 16.2 Å². The second-order valence-corrected chi connectivity index (χ2v) is 7.52. The predicted octanol–water partition coefficient (Wildman–Crippen LogP) is 0.444. The van der Waals surface area contributed by atoms with Gasteiger partial charge in [0.05, 0.1) is 6.61 Å². The Morgan fingerprint density at radius 1 is 1.03 bits per heavy atom. The van der Waals surface area contributed by atoms with Gasteiger partial charge in [-0.1, -0.05) is 54.6 Å². The molecule has 1 heterocycles. The van der Waals surface area contributed by atoms with Crippen molar-refractivity contribution >= 4 is 11.9 Å². The molecule has 4 atom stereocenters. The van der Waals surface area contributed by atoms with Crippen molar-refractivity contribution in [1.82, 2.24) is 16.2 Å². The molecule has 2 unspecified atom stereocenters. The Labute approximate surface area is 174 Å². The summed E-state index contributed by atoms with van der Waals surface area (Å²) in [5.41, 5.74) is 8.73. The van der Waals surface area contributed by atoms with Gasteiger partial charge in [0.1, 0.15) is 6.04 Å². The summed E-state index contributed by atoms with van der Waals surface area (Å²) < 4.78 is 0. The van der Waals surface area contributed by atoms with E-state index < -0.39 is 24.2 Å². The molecule has 1 aliphatic heterocycles. The van der Waals surface area contributed by atoms with Crippen LogP contribution in [0.3, 0.4) is 0 Å². The zero-order valence-electron chi connectivity index (χ0n) is 16.5. The number of carbonyl (C=O) groups excluding carboxylic acids is 1. The number of nitrogens with one attached hydrogen (secondary N) is 3. The number of aliphatic carboxylic acids is 1. The highest BCUT2D eigenvalue weighted by atomic mass is 16.4. The smallest absolute Gasteiger partial charge is 0.332 e. The molecule has 160 valence electrons. The number of carbonyl (C=O) groups is 2. The molecular formula is C22H27N3O5. The third-order valence-electron chi connectivity index (χ3n) is 5.20. The van der Waals surface area contributed by atoms with Crippen LogP contribution in [0.15, 0.2) is 54.6 Å². The van der Waals surface area contributed by atoms with Gasteiger partial charge in [0.15, 0.2) is 6.10 Å². The second-order valence-electron chi connectivity index (χ2n) is 7.52. The van der Waals surface area contributed by atoms with Gasteiger partial charge in [-0.2, -0.15) is 0 Å². The van der Waals surface area contributed by atoms with E-state index in [1.54, 1.807) is 0 Å². The van der Waals surface area contributed by atoms with E-state index >= 15 is 0 Å². The molecule has 8 heteroatoms. The van der Waals surface area contributed by atoms with Gasteiger partial charge in [0, 0.05) is 18.5 Å². The average Bonchev–Trinajstić information content (AvgIpc) is 3.24. The number of aliphatic hydroxyl groups is 2. The number of hydrogen-bond acceptors (Lipinski definition) is 6. The normalized spacial score (nSPS) is 20.5. The van der Waals surface area contributed by atoms with Crippen molar-refractivity contribution in [2.75, 3.05) is 6.61 Å². The third kappa shape index (κ3) is 5.87. The Kier molecular flexibility index (Phi) is 7.53. The summed E-state index contributed by atoms with van der Waals surface area (Å²) >= 11 is 0. The molecule has 0 spiro atoms. The van der Waals surface area contributed by atoms with Crippen molar-refractivity contribution in [2.45, 2.75) is 43.5 Å². The second kappa shape index (κ2) is 10.3. The van der Waals surface area contributed by atoms with Gasteiger partial charge in [0.2, 0.25) is 5.91 Å². The maximum atomic E-state index is 12.6. The van der Waals surface area contributed by atoms with Crippen molar-refractivity contribution in [3.63, 3.8) is 0 Å². The Hall–Kier alpha value is -2.78. The molecule has 2 aromatic carbocycles. The van der Waals surface area contributed by atoms with Crippen LogP contribution in [0.2, 0.25) is 0 Å². The first-order valence-corrected chi connectivity index (χ1v) is 9.93. The van der Waals surface area contributed by atoms with E-state index in [-0.39, 0.29) is 25.0 Å². The highest BCUT2D eigenvalue weighted by molar-refractivity contribution is 5.82. The quantitative estimate of drug-likeness (QED) is 0.352. The maximum absolute atomic E-state index is 12.6. The molecule has 30 heavy (non-hydrogen) atoms. The average molecular weight is 413 g/mol. The van der Waals surface area contributed by atoms with Crippen molar-refractivity contribution in [1.29, 1.82) is 0 Å². The van der Waals surface area contributed by atoms with Crippen LogP contribution in [-0.2, 0) is 16.0 Å². The van der Waals surface area contributed by atoms with Crippen molar-refractivity contribution < 1.29 is 24.9 Å². The van der Waals surface area contributed by atoms with E-state index in [1.807, 2.05) is 54.6 Å². The van der Waals surface area contributed by atoms with Crippen molar-refractivity contribution in [3.8, 4) is 11.1 Å². The highest BCUT2D eigenvalue weighted by Crippen LogP contribution is 2.20. The zero-order chi connectivity index (χ0) is 21.5. The maximum Gasteiger partial charge on any atom is 0.332 e. The van der Waals surface area contributed by atoms with Crippen molar-refractivity contribution in [3.05, 3.63) is 60.2 Å². The summed E-state index contributed by atoms with van der Waals surface area (Å²) in [7, 11) is 0. The minimum atomic E-state index is -1.57. The lowest BCUT2D eigenvalue weighted by Gasteiger charge is -2.22. The fourth-order valence-corrected chi connectivity index (χ4v) is 3.53. The minimum absolute atomic E-state index is 0.0916. The number of hydrogen-bond donors (Lipinski definition) is 6. The monoisotopic (exact) mass is 413 g/mol. The van der Waals surface area contributed by atoms with Gasteiger partial charge in [-0.05, 0) is 29.5 Å². The molecule has 1 saturated heterocycles. The third-order valence-corrected chi connectivity index (χ3v) is 5.20. The lowest BCUT2D eigenvalue weighted by Crippen LogP contribution is -2.49. The number of hydrazine groups is 1. The van der Waals surface area contributed by atoms with Crippen LogP contribution in [0.4, 0.5) is 0 Å². The van der Waals surface area contributed by atoms with Crippen molar-refractivity contribution in [2.24, 2.45) is 0 Å². The molecular weight excluding hydrogens is 386 g/mol. The van der Waals surface area contributed by atoms with Gasteiger partial charge in [-0.15, -0.1) is 0 Å². The molecule has 0 bridgehead atoms. The lowest BCUT2D eigenvalue weighted by atomic mass is 9.97. The standard InChI is InChI=1S/C22H27N3O5/c26-13-18-11-19(25-24-18)21(28)23-17(12-20(27)22(29)30)10-14-6-8-16(9-7-14)15-4-2-1-3-5-15/h1-9,17-20,24-27H,10-13H2,(H,23,28)(H,29,30)/t17-,18?,19?,20-/m1/s1. The highest BCUT2D eigenvalue weighted by Gasteiger charge is 2.31. The molecule has 1 amide bonds. The van der Waals surface area contributed by atoms with Gasteiger partial charge < -0.3 is 20.6 Å². The van der Waals surface area contributed by atoms with E-state index in [9.17, 15) is 19.8 Å². The first kappa shape index (κ1) is 21.9. The Balaban J connectivity index is 1.67. The first-order chi connectivity index (χ1) is 14.5. The number of carboxylic acids is 1. The molecule has 1 aliphatic rings. The fourth-order valence-electron chi connectivity index (χ4n) is 3.53. The van der Waals surface area contributed by atoms with Gasteiger partial charge in [0.25, 0.3) is 0 Å². The van der Waals surface area contributed by atoms with Crippen LogP contribution in [0.1, 0.15) is 18.4 Å². The number of benzene rings is 2. The van der Waals surface area contributed by atoms with E-state index in [0.29, 0.717) is 12.8 Å². The Morgan fingerprint density at radius 3 is 2.30 bits per heavy atom. The Morgan fingerprint density at radius 2 is 1.70 bits per heavy atom. The van der Waals surface area contributed by atoms with E-state index in [4.69, 9.17) is 5.11 Å². The molecule has 8 nitrogen and oxygen atoms in total. The molecule has 0 aliphatic carbocycles. The molecule has 0 saturated carbocycles. The molecule has 0 aromatic heterocycles. The Bertz CT molecular complexity index is 844. The van der Waals surface area contributed by atoms with Crippen LogP contribution in [-0.4, -0.2) is 58.0 Å². The SMILES string of the molecule is O=C(N[C@H](Cc1ccc(-c2ccccc2)cc1)C[C@@H](O)C(=O)O)C1CC(CO)NN1. The van der Waals surface area contributed by atoms with Gasteiger partial charge in [-0.25, -0.2) is 10.2 Å². The number of amides is 1. The molecule has 1 fully saturated rings. The molecule has 0 radical (unpaired) electrons. The predicted molar refractivity (Wildman–Crippen MR) is 111 cm³/mol. The van der Waals surface area contributed by atoms with E-state index in [1.165, 1.54) is 0 Å². The summed E-state index contributed by atoms with van der Waals surface area (Å²) in [5.74, 6) is -1.63. The number of carboxylic acid groups (broad SMARTS) is 1. The zero-order valence-corrected chi connectivity index (χ0v) is 16.5. The van der Waals surface area contributed by atoms with Gasteiger partial charge in [-0.3, -0.25) is 10.2 Å². The largest absolute Gasteiger partial charge is 0.479 e. The van der Waals surface area contributed by atoms with Crippen LogP contribution < -0.4 is 16.2 Å². The van der Waals surface area contributed by atoms with Gasteiger partial charge >= 0.3 is 5.97 Å². The van der Waals surface area contributed by atoms with Crippen LogP contribution >= 0.6 is 0 Å². The number of rotatable bonds is 9. The molecule has 2 aromatic rings. The van der Waals surface area contributed by atoms with E-state index in [0.717, 1.165) is 16.7 Å². The topological polar surface area (TPSA) is 131 Å². The van der Waals surface area contributed by atoms with Crippen LogP contribution in [0.25, 0.3) is 11.1 Å². The number of aliphatic hydroxyl groups excluding tert-OH is 2. The summed E-state index contributed by atoms with van der Waals surface area (Å²) in [5, 5.41) is 30.9. The summed E-state index contributed by atoms with van der Waals surface area (Å²) in [6.07, 6.45) is -0.874.